The van der Waals surface area contributed by atoms with Crippen LogP contribution in [0.5, 0.6) is 0 Å². The maximum absolute atomic E-state index is 11.3. The summed E-state index contributed by atoms with van der Waals surface area (Å²) in [6, 6.07) is 0. The number of aromatic nitrogens is 2. The Hall–Kier alpha value is -0.970. The summed E-state index contributed by atoms with van der Waals surface area (Å²) in [6.45, 7) is 0.482. The van der Waals surface area contributed by atoms with Crippen molar-refractivity contribution in [1.29, 1.82) is 0 Å². The van der Waals surface area contributed by atoms with E-state index in [-0.39, 0.29) is 6.09 Å². The van der Waals surface area contributed by atoms with Crippen LogP contribution >= 0.6 is 10.0 Å². The molecule has 0 amide bonds. The van der Waals surface area contributed by atoms with Gasteiger partial charge in [-0.2, -0.15) is 0 Å². The van der Waals surface area contributed by atoms with Crippen molar-refractivity contribution in [3.8, 4) is 0 Å². The minimum Gasteiger partial charge on any atom is -0.448 e. The van der Waals surface area contributed by atoms with Crippen molar-refractivity contribution >= 4 is 16.1 Å². The average Bonchev–Trinajstić information content (AvgIpc) is 2.53. The lowest BCUT2D eigenvalue weighted by Gasteiger charge is -2.24. The first-order valence-electron chi connectivity index (χ1n) is 4.30. The van der Waals surface area contributed by atoms with Gasteiger partial charge in [0.2, 0.25) is 0 Å². The fraction of sp³-hybridized carbons (Fsp3) is 0.556. The van der Waals surface area contributed by atoms with Gasteiger partial charge in [-0.05, 0) is 18.8 Å². The van der Waals surface area contributed by atoms with E-state index in [2.05, 4.69) is 23.8 Å². The Labute approximate surface area is 85.6 Å². The number of nitrogens with zero attached hydrogens (tertiary/aromatic N) is 2. The van der Waals surface area contributed by atoms with Crippen LogP contribution in [0, 0.1) is 0 Å². The lowest BCUT2D eigenvalue weighted by Crippen LogP contribution is -2.16. The first-order valence-corrected chi connectivity index (χ1v) is 7.33. The van der Waals surface area contributed by atoms with Gasteiger partial charge in [-0.1, -0.05) is 0 Å². The number of imidazole rings is 1. The summed E-state index contributed by atoms with van der Waals surface area (Å²) in [4.78, 5) is 15.1. The Kier molecular flexibility index (Phi) is 3.57. The van der Waals surface area contributed by atoms with Gasteiger partial charge in [-0.15, -0.1) is 0 Å². The molecule has 0 saturated heterocycles. The molecule has 1 aromatic rings. The van der Waals surface area contributed by atoms with E-state index < -0.39 is 10.0 Å². The summed E-state index contributed by atoms with van der Waals surface area (Å²) in [6.07, 6.45) is 10.8. The monoisotopic (exact) mass is 216 g/mol. The zero-order valence-corrected chi connectivity index (χ0v) is 9.58. The van der Waals surface area contributed by atoms with Crippen molar-refractivity contribution in [3.05, 3.63) is 18.7 Å². The fourth-order valence-corrected chi connectivity index (χ4v) is 1.40. The van der Waals surface area contributed by atoms with Crippen molar-refractivity contribution in [2.75, 3.05) is 31.1 Å². The smallest absolute Gasteiger partial charge is 0.419 e. The molecule has 0 aliphatic carbocycles. The van der Waals surface area contributed by atoms with Crippen LogP contribution < -0.4 is 0 Å². The van der Waals surface area contributed by atoms with E-state index in [0.29, 0.717) is 6.61 Å². The highest BCUT2D eigenvalue weighted by Crippen LogP contribution is 2.33. The maximum atomic E-state index is 11.3. The molecule has 1 heterocycles. The summed E-state index contributed by atoms with van der Waals surface area (Å²) in [7, 11) is -0.591. The summed E-state index contributed by atoms with van der Waals surface area (Å²) >= 11 is 0. The summed E-state index contributed by atoms with van der Waals surface area (Å²) in [5.74, 6) is 0.938. The molecule has 0 spiro atoms. The highest BCUT2D eigenvalue weighted by molar-refractivity contribution is 8.32. The molecule has 0 atom stereocenters. The normalized spacial score (nSPS) is 12.5. The quantitative estimate of drug-likeness (QED) is 0.770. The molecule has 0 bridgehead atoms. The molecule has 80 valence electrons. The highest BCUT2D eigenvalue weighted by Gasteiger charge is 2.07. The van der Waals surface area contributed by atoms with Crippen molar-refractivity contribution in [2.24, 2.45) is 0 Å². The zero-order chi connectivity index (χ0) is 10.6. The summed E-state index contributed by atoms with van der Waals surface area (Å²) in [5, 5.41) is 0. The minimum absolute atomic E-state index is 0.355. The molecule has 0 saturated carbocycles. The molecule has 1 rings (SSSR count). The molecule has 0 aliphatic rings. The first kappa shape index (κ1) is 11.1. The number of carbonyl (C=O) groups is 1. The Morgan fingerprint density at radius 1 is 1.50 bits per heavy atom. The van der Waals surface area contributed by atoms with Gasteiger partial charge >= 0.3 is 6.09 Å². The van der Waals surface area contributed by atoms with Crippen LogP contribution in [0.1, 0.15) is 0 Å². The fourth-order valence-electron chi connectivity index (χ4n) is 0.821. The molecule has 0 aromatic carbocycles. The van der Waals surface area contributed by atoms with Crippen LogP contribution in [0.25, 0.3) is 0 Å². The second-order valence-corrected chi connectivity index (χ2v) is 8.47. The third-order valence-electron chi connectivity index (χ3n) is 1.64. The lowest BCUT2D eigenvalue weighted by atomic mass is 10.8. The van der Waals surface area contributed by atoms with Gasteiger partial charge < -0.3 is 4.74 Å². The van der Waals surface area contributed by atoms with Crippen molar-refractivity contribution < 1.29 is 9.53 Å². The number of ether oxygens (including phenoxy) is 1. The lowest BCUT2D eigenvalue weighted by molar-refractivity contribution is 0.155. The van der Waals surface area contributed by atoms with E-state index in [1.807, 2.05) is 0 Å². The molecule has 0 aliphatic heterocycles. The standard InChI is InChI=1S/C9H16N2O2S/c1-14(2,3)7-6-13-9(12)11-5-4-10-8-11/h4-5,8H,6-7H2,1-3H3. The maximum Gasteiger partial charge on any atom is 0.419 e. The molecule has 0 N–H and O–H groups in total. The van der Waals surface area contributed by atoms with Crippen LogP contribution in [-0.4, -0.2) is 46.8 Å². The van der Waals surface area contributed by atoms with Crippen molar-refractivity contribution in [3.63, 3.8) is 0 Å². The van der Waals surface area contributed by atoms with Gasteiger partial charge in [0.15, 0.2) is 0 Å². The van der Waals surface area contributed by atoms with Gasteiger partial charge in [0, 0.05) is 18.1 Å². The predicted molar refractivity (Wildman–Crippen MR) is 59.2 cm³/mol. The van der Waals surface area contributed by atoms with Crippen molar-refractivity contribution in [2.45, 2.75) is 0 Å². The molecule has 0 radical (unpaired) electrons. The molecule has 0 fully saturated rings. The van der Waals surface area contributed by atoms with E-state index in [1.54, 1.807) is 12.4 Å². The van der Waals surface area contributed by atoms with Crippen molar-refractivity contribution in [1.82, 2.24) is 9.55 Å². The Morgan fingerprint density at radius 3 is 2.71 bits per heavy atom. The third kappa shape index (κ3) is 3.83. The predicted octanol–water partition coefficient (Wildman–Crippen LogP) is 1.56. The molecule has 4 nitrogen and oxygen atoms in total. The minimum atomic E-state index is -0.591. The van der Waals surface area contributed by atoms with E-state index in [1.165, 1.54) is 10.9 Å². The van der Waals surface area contributed by atoms with Crippen LogP contribution in [0.4, 0.5) is 4.79 Å². The zero-order valence-electron chi connectivity index (χ0n) is 8.77. The van der Waals surface area contributed by atoms with Crippen LogP contribution in [0.2, 0.25) is 0 Å². The second-order valence-electron chi connectivity index (χ2n) is 3.88. The van der Waals surface area contributed by atoms with Crippen LogP contribution in [0.15, 0.2) is 18.7 Å². The van der Waals surface area contributed by atoms with E-state index in [9.17, 15) is 4.79 Å². The van der Waals surface area contributed by atoms with E-state index >= 15 is 0 Å². The van der Waals surface area contributed by atoms with Gasteiger partial charge in [-0.3, -0.25) is 0 Å². The number of hydrogen-bond donors (Lipinski definition) is 0. The highest BCUT2D eigenvalue weighted by atomic mass is 32.3. The molecular weight excluding hydrogens is 200 g/mol. The largest absolute Gasteiger partial charge is 0.448 e. The molecule has 14 heavy (non-hydrogen) atoms. The van der Waals surface area contributed by atoms with Crippen LogP contribution in [-0.2, 0) is 4.74 Å². The van der Waals surface area contributed by atoms with Gasteiger partial charge in [0.1, 0.15) is 12.9 Å². The van der Waals surface area contributed by atoms with Gasteiger partial charge in [-0.25, -0.2) is 24.4 Å². The van der Waals surface area contributed by atoms with E-state index in [0.717, 1.165) is 5.75 Å². The Morgan fingerprint density at radius 2 is 2.21 bits per heavy atom. The topological polar surface area (TPSA) is 44.1 Å². The summed E-state index contributed by atoms with van der Waals surface area (Å²) < 4.78 is 6.40. The number of carbonyl (C=O) groups excluding carboxylic acids is 1. The molecule has 5 heteroatoms. The SMILES string of the molecule is CS(C)(C)CCOC(=O)n1ccnc1. The Balaban J connectivity index is 2.30. The molecular formula is C9H16N2O2S. The third-order valence-corrected chi connectivity index (χ3v) is 3.03. The molecule has 0 unspecified atom stereocenters. The summed E-state index contributed by atoms with van der Waals surface area (Å²) in [5.41, 5.74) is 0. The van der Waals surface area contributed by atoms with E-state index in [4.69, 9.17) is 4.74 Å². The second kappa shape index (κ2) is 4.50. The number of hydrogen-bond acceptors (Lipinski definition) is 3. The first-order chi connectivity index (χ1) is 6.49. The van der Waals surface area contributed by atoms with Gasteiger partial charge in [0.25, 0.3) is 0 Å². The number of rotatable bonds is 3. The Bertz CT molecular complexity index is 290. The van der Waals surface area contributed by atoms with Crippen LogP contribution in [0.3, 0.4) is 0 Å². The average molecular weight is 216 g/mol. The van der Waals surface area contributed by atoms with Gasteiger partial charge in [0.05, 0.1) is 0 Å². The molecule has 1 aromatic heterocycles.